The molecule has 0 saturated carbocycles. The summed E-state index contributed by atoms with van der Waals surface area (Å²) in [5.41, 5.74) is 7.85. The number of hydrogen-bond donors (Lipinski definition) is 2. The SMILES string of the molecule is Cl.Cl.Nc1cc(Cl)ccc1C(=O)NCCCCc1cccnc1. The minimum absolute atomic E-state index is 0. The number of hydrogen-bond acceptors (Lipinski definition) is 3. The summed E-state index contributed by atoms with van der Waals surface area (Å²) in [6.07, 6.45) is 6.51. The number of unbranched alkanes of at least 4 members (excludes halogenated alkanes) is 1. The summed E-state index contributed by atoms with van der Waals surface area (Å²) >= 11 is 5.81. The fourth-order valence-electron chi connectivity index (χ4n) is 2.04. The Bertz CT molecular complexity index is 609. The molecule has 126 valence electrons. The van der Waals surface area contributed by atoms with E-state index in [2.05, 4.69) is 16.4 Å². The molecule has 0 radical (unpaired) electrons. The number of carbonyl (C=O) groups is 1. The number of nitrogens with two attached hydrogens (primary N) is 1. The first-order valence-electron chi connectivity index (χ1n) is 6.89. The van der Waals surface area contributed by atoms with Gasteiger partial charge in [-0.3, -0.25) is 9.78 Å². The van der Waals surface area contributed by atoms with Crippen molar-refractivity contribution in [1.82, 2.24) is 10.3 Å². The fourth-order valence-corrected chi connectivity index (χ4v) is 2.22. The first-order chi connectivity index (χ1) is 10.2. The average Bonchev–Trinajstić information content (AvgIpc) is 2.47. The van der Waals surface area contributed by atoms with Gasteiger partial charge in [-0.15, -0.1) is 24.8 Å². The monoisotopic (exact) mass is 375 g/mol. The van der Waals surface area contributed by atoms with Crippen LogP contribution in [0.5, 0.6) is 0 Å². The maximum Gasteiger partial charge on any atom is 0.253 e. The lowest BCUT2D eigenvalue weighted by Gasteiger charge is -2.08. The number of benzene rings is 1. The molecule has 0 aliphatic heterocycles. The Morgan fingerprint density at radius 1 is 1.22 bits per heavy atom. The number of aromatic nitrogens is 1. The first kappa shape index (κ1) is 21.5. The van der Waals surface area contributed by atoms with Gasteiger partial charge in [-0.25, -0.2) is 0 Å². The van der Waals surface area contributed by atoms with Crippen LogP contribution < -0.4 is 11.1 Å². The Morgan fingerprint density at radius 2 is 2.00 bits per heavy atom. The van der Waals surface area contributed by atoms with E-state index in [9.17, 15) is 4.79 Å². The van der Waals surface area contributed by atoms with Crippen molar-refractivity contribution in [2.75, 3.05) is 12.3 Å². The zero-order chi connectivity index (χ0) is 15.1. The highest BCUT2D eigenvalue weighted by Gasteiger charge is 2.08. The van der Waals surface area contributed by atoms with Crippen LogP contribution in [-0.4, -0.2) is 17.4 Å². The van der Waals surface area contributed by atoms with E-state index in [-0.39, 0.29) is 30.7 Å². The molecule has 0 aliphatic rings. The number of pyridine rings is 1. The lowest BCUT2D eigenvalue weighted by molar-refractivity contribution is 0.0954. The smallest absolute Gasteiger partial charge is 0.253 e. The van der Waals surface area contributed by atoms with Gasteiger partial charge >= 0.3 is 0 Å². The van der Waals surface area contributed by atoms with E-state index < -0.39 is 0 Å². The van der Waals surface area contributed by atoms with E-state index in [0.717, 1.165) is 19.3 Å². The van der Waals surface area contributed by atoms with Crippen molar-refractivity contribution < 1.29 is 4.79 Å². The second-order valence-corrected chi connectivity index (χ2v) is 5.24. The van der Waals surface area contributed by atoms with Crippen LogP contribution in [0, 0.1) is 0 Å². The molecule has 0 fully saturated rings. The Kier molecular flexibility index (Phi) is 10.4. The zero-order valence-electron chi connectivity index (χ0n) is 12.5. The number of nitrogens with one attached hydrogen (secondary N) is 1. The van der Waals surface area contributed by atoms with Crippen LogP contribution in [0.2, 0.25) is 5.02 Å². The minimum atomic E-state index is -0.162. The minimum Gasteiger partial charge on any atom is -0.398 e. The van der Waals surface area contributed by atoms with Crippen LogP contribution in [0.3, 0.4) is 0 Å². The van der Waals surface area contributed by atoms with E-state index in [4.69, 9.17) is 17.3 Å². The Balaban J connectivity index is 0.00000242. The highest BCUT2D eigenvalue weighted by Crippen LogP contribution is 2.17. The number of carbonyl (C=O) groups excluding carboxylic acids is 1. The quantitative estimate of drug-likeness (QED) is 0.593. The third kappa shape index (κ3) is 7.08. The molecule has 1 aromatic heterocycles. The number of halogens is 3. The molecule has 0 unspecified atom stereocenters. The van der Waals surface area contributed by atoms with Crippen molar-refractivity contribution in [1.29, 1.82) is 0 Å². The predicted octanol–water partition coefficient (Wildman–Crippen LogP) is 3.91. The zero-order valence-corrected chi connectivity index (χ0v) is 14.9. The summed E-state index contributed by atoms with van der Waals surface area (Å²) < 4.78 is 0. The number of nitrogens with zero attached hydrogens (tertiary/aromatic N) is 1. The van der Waals surface area contributed by atoms with Crippen molar-refractivity contribution in [3.63, 3.8) is 0 Å². The van der Waals surface area contributed by atoms with Gasteiger partial charge < -0.3 is 11.1 Å². The average molecular weight is 377 g/mol. The van der Waals surface area contributed by atoms with Gasteiger partial charge in [-0.1, -0.05) is 17.7 Å². The predicted molar refractivity (Wildman–Crippen MR) is 99.9 cm³/mol. The van der Waals surface area contributed by atoms with Crippen molar-refractivity contribution in [2.24, 2.45) is 0 Å². The molecule has 23 heavy (non-hydrogen) atoms. The Hall–Kier alpha value is -1.49. The van der Waals surface area contributed by atoms with Gasteiger partial charge in [0, 0.05) is 29.6 Å². The highest BCUT2D eigenvalue weighted by molar-refractivity contribution is 6.31. The highest BCUT2D eigenvalue weighted by atomic mass is 35.5. The summed E-state index contributed by atoms with van der Waals surface area (Å²) in [7, 11) is 0. The molecule has 1 amide bonds. The molecule has 0 atom stereocenters. The van der Waals surface area contributed by atoms with Crippen LogP contribution in [-0.2, 0) is 6.42 Å². The summed E-state index contributed by atoms with van der Waals surface area (Å²) in [5, 5.41) is 3.40. The van der Waals surface area contributed by atoms with E-state index in [0.29, 0.717) is 22.8 Å². The van der Waals surface area contributed by atoms with E-state index in [1.54, 1.807) is 24.4 Å². The number of nitrogen functional groups attached to an aromatic ring is 1. The van der Waals surface area contributed by atoms with Crippen LogP contribution in [0.25, 0.3) is 0 Å². The standard InChI is InChI=1S/C16H18ClN3O.2ClH/c17-13-6-7-14(15(18)10-13)16(21)20-9-2-1-4-12-5-3-8-19-11-12;;/h3,5-8,10-11H,1-2,4,9,18H2,(H,20,21);2*1H. The molecule has 0 spiro atoms. The third-order valence-electron chi connectivity index (χ3n) is 3.16. The van der Waals surface area contributed by atoms with Gasteiger partial charge in [-0.2, -0.15) is 0 Å². The molecular weight excluding hydrogens is 357 g/mol. The Morgan fingerprint density at radius 3 is 2.65 bits per heavy atom. The maximum atomic E-state index is 12.0. The second-order valence-electron chi connectivity index (χ2n) is 4.81. The maximum absolute atomic E-state index is 12.0. The van der Waals surface area contributed by atoms with E-state index in [1.165, 1.54) is 5.56 Å². The van der Waals surface area contributed by atoms with Gasteiger partial charge in [0.25, 0.3) is 5.91 Å². The van der Waals surface area contributed by atoms with Gasteiger partial charge in [0.05, 0.1) is 5.56 Å². The molecule has 1 heterocycles. The number of amides is 1. The normalized spacial score (nSPS) is 9.43. The van der Waals surface area contributed by atoms with E-state index in [1.807, 2.05) is 12.3 Å². The topological polar surface area (TPSA) is 68.0 Å². The molecular formula is C16H20Cl3N3O. The molecule has 1 aromatic carbocycles. The molecule has 4 nitrogen and oxygen atoms in total. The molecule has 2 rings (SSSR count). The van der Waals surface area contributed by atoms with Crippen LogP contribution >= 0.6 is 36.4 Å². The van der Waals surface area contributed by atoms with Gasteiger partial charge in [0.15, 0.2) is 0 Å². The van der Waals surface area contributed by atoms with Crippen LogP contribution in [0.4, 0.5) is 5.69 Å². The van der Waals surface area contributed by atoms with Gasteiger partial charge in [-0.05, 0) is 49.1 Å². The Labute approximate surface area is 153 Å². The lowest BCUT2D eigenvalue weighted by Crippen LogP contribution is -2.25. The van der Waals surface area contributed by atoms with Crippen molar-refractivity contribution in [2.45, 2.75) is 19.3 Å². The van der Waals surface area contributed by atoms with Crippen molar-refractivity contribution >= 4 is 48.0 Å². The number of aryl methyl sites for hydroxylation is 1. The molecule has 2 aromatic rings. The first-order valence-corrected chi connectivity index (χ1v) is 7.27. The number of anilines is 1. The number of rotatable bonds is 6. The lowest BCUT2D eigenvalue weighted by atomic mass is 10.1. The summed E-state index contributed by atoms with van der Waals surface area (Å²) in [4.78, 5) is 16.0. The van der Waals surface area contributed by atoms with E-state index >= 15 is 0 Å². The molecule has 0 aliphatic carbocycles. The summed E-state index contributed by atoms with van der Waals surface area (Å²) in [6, 6.07) is 8.87. The van der Waals surface area contributed by atoms with Gasteiger partial charge in [0.2, 0.25) is 0 Å². The molecule has 3 N–H and O–H groups in total. The molecule has 0 saturated heterocycles. The van der Waals surface area contributed by atoms with Crippen LogP contribution in [0.1, 0.15) is 28.8 Å². The summed E-state index contributed by atoms with van der Waals surface area (Å²) in [5.74, 6) is -0.162. The second kappa shape index (κ2) is 11.1. The van der Waals surface area contributed by atoms with Crippen molar-refractivity contribution in [3.8, 4) is 0 Å². The molecule has 0 bridgehead atoms. The van der Waals surface area contributed by atoms with Gasteiger partial charge in [0.1, 0.15) is 0 Å². The molecule has 7 heteroatoms. The summed E-state index contributed by atoms with van der Waals surface area (Å²) in [6.45, 7) is 0.626. The van der Waals surface area contributed by atoms with Crippen molar-refractivity contribution in [3.05, 3.63) is 58.9 Å². The third-order valence-corrected chi connectivity index (χ3v) is 3.39. The van der Waals surface area contributed by atoms with Crippen LogP contribution in [0.15, 0.2) is 42.7 Å². The fraction of sp³-hybridized carbons (Fsp3) is 0.250. The largest absolute Gasteiger partial charge is 0.398 e.